The number of carbonyl (C=O) groups is 12. The predicted molar refractivity (Wildman–Crippen MR) is 395 cm³/mol. The number of para-hydroxylation sites is 1. The Balaban J connectivity index is 1.68. The zero-order chi connectivity index (χ0) is 75.1. The summed E-state index contributed by atoms with van der Waals surface area (Å²) in [5.74, 6) is -8.70. The molecule has 0 spiro atoms. The van der Waals surface area contributed by atoms with Crippen molar-refractivity contribution in [3.05, 3.63) is 98.1 Å². The van der Waals surface area contributed by atoms with Crippen molar-refractivity contribution in [1.82, 2.24) is 60.5 Å². The van der Waals surface area contributed by atoms with Gasteiger partial charge in [-0.3, -0.25) is 57.5 Å². The maximum Gasteiger partial charge on any atom is 0.245 e. The number of hydrogen-bond donors (Lipinski definition) is 4. The summed E-state index contributed by atoms with van der Waals surface area (Å²) in [6, 6.07) is 10.4. The van der Waals surface area contributed by atoms with E-state index in [2.05, 4.69) is 43.9 Å². The molecule has 0 aromatic heterocycles. The second-order valence-electron chi connectivity index (χ2n) is 27.9. The van der Waals surface area contributed by atoms with E-state index in [1.807, 2.05) is 53.7 Å². The molecule has 25 nitrogen and oxygen atoms in total. The van der Waals surface area contributed by atoms with Gasteiger partial charge in [0.1, 0.15) is 54.1 Å². The Labute approximate surface area is 615 Å². The highest BCUT2D eigenvalue weighted by atomic mass is 127. The number of nitrogens with zero attached hydrogens (tertiary/aromatic N) is 8. The highest BCUT2D eigenvalue weighted by molar-refractivity contribution is 14.1. The number of rotatable bonds is 17. The van der Waals surface area contributed by atoms with Crippen molar-refractivity contribution in [3.63, 3.8) is 0 Å². The van der Waals surface area contributed by atoms with E-state index < -0.39 is 151 Å². The van der Waals surface area contributed by atoms with Crippen LogP contribution < -0.4 is 26.0 Å². The minimum absolute atomic E-state index is 0.0482. The summed E-state index contributed by atoms with van der Waals surface area (Å²) in [6.45, 7) is 12.0. The second-order valence-corrected chi connectivity index (χ2v) is 29.6. The van der Waals surface area contributed by atoms with E-state index in [9.17, 15) is 28.8 Å². The normalized spacial score (nSPS) is 23.3. The highest BCUT2D eigenvalue weighted by Gasteiger charge is 2.43. The molecule has 2 heterocycles. The molecular weight excluding hydrogens is 1430 g/mol. The highest BCUT2D eigenvalue weighted by Crippen LogP contribution is 2.25. The molecule has 0 aliphatic carbocycles. The Hall–Kier alpha value is -7.88. The molecule has 5 rings (SSSR count). The SMILES string of the molecule is CCCC[C@@H]1NC(=O)[C@H](Cc2cccc(I)c2)NC(=O)CN(C)C(=O)[C@H](Cc2ccc(Cl)cc2)N(C)C(=O)CN(C)C(=O)CN(C)C(=O)[C@H]([C@@H](C)CC)NC(=O)[C@H](CC(C)C)N(C)C(=O)C[C@@H](C(=O)N2CCCCC2)N(C)C(=O)[C@H](CC(C)C)NC(=O)[C@H](Cc2ccccc2OC)N(C)C1=O. The van der Waals surface area contributed by atoms with E-state index in [-0.39, 0.29) is 50.4 Å². The minimum atomic E-state index is -1.43. The third kappa shape index (κ3) is 24.4. The molecule has 2 fully saturated rings. The van der Waals surface area contributed by atoms with Crippen LogP contribution in [0, 0.1) is 21.3 Å². The molecule has 2 saturated heterocycles. The molecule has 2 aliphatic heterocycles. The molecule has 0 saturated carbocycles. The predicted octanol–water partition coefficient (Wildman–Crippen LogP) is 5.35. The van der Waals surface area contributed by atoms with Crippen molar-refractivity contribution in [2.75, 3.05) is 89.2 Å². The number of hydrogen-bond acceptors (Lipinski definition) is 13. The van der Waals surface area contributed by atoms with E-state index in [4.69, 9.17) is 16.3 Å². The molecule has 3 aromatic rings. The summed E-state index contributed by atoms with van der Waals surface area (Å²) < 4.78 is 6.58. The van der Waals surface area contributed by atoms with Gasteiger partial charge in [-0.15, -0.1) is 0 Å². The average Bonchev–Trinajstić information content (AvgIpc) is 0.809. The summed E-state index contributed by atoms with van der Waals surface area (Å²) >= 11 is 8.39. The van der Waals surface area contributed by atoms with Crippen LogP contribution >= 0.6 is 34.2 Å². The van der Waals surface area contributed by atoms with Crippen LogP contribution in [0.15, 0.2) is 72.8 Å². The standard InChI is InChI=1S/C74H108ClIN12O13/c1-16-18-28-54-70(96)86(13)58(41-51-26-20-21-29-61(51)101-15)68(94)79-56(36-46(3)4)71(97)87(14)60(73(99)88-34-22-19-23-35-88)42-63(90)84(11)57(37-47(5)6)69(95)80-66(48(7)17-2)74(100)83(10)44-64(91)81(8)45-65(92)85(12)59(40-49-30-32-52(75)33-31-49)72(98)82(9)43-62(89)77-55(67(93)78-54)39-50-25-24-27-53(76)38-50/h20-21,24-27,29-33,38,46-48,54-60,66H,16-19,22-23,28,34-37,39-45H2,1-15H3,(H,77,89)(H,78,93)(H,79,94)(H,80,95)/t48-,54-,55-,56-,57-,58-,59-,60-,66-/m0/s1. The number of amides is 12. The van der Waals surface area contributed by atoms with Crippen LogP contribution in [0.4, 0.5) is 0 Å². The van der Waals surface area contributed by atoms with Crippen molar-refractivity contribution < 1.29 is 62.3 Å². The van der Waals surface area contributed by atoms with Gasteiger partial charge < -0.3 is 65.2 Å². The van der Waals surface area contributed by atoms with Crippen LogP contribution in [0.3, 0.4) is 0 Å². The number of likely N-dealkylation sites (tertiary alicyclic amines) is 1. The molecular formula is C74H108ClIN12O13. The zero-order valence-corrected chi connectivity index (χ0v) is 64.6. The van der Waals surface area contributed by atoms with Gasteiger partial charge in [0.15, 0.2) is 0 Å². The maximum atomic E-state index is 15.5. The van der Waals surface area contributed by atoms with Crippen molar-refractivity contribution in [1.29, 1.82) is 0 Å². The molecule has 101 heavy (non-hydrogen) atoms. The van der Waals surface area contributed by atoms with Crippen LogP contribution in [-0.2, 0) is 76.8 Å². The minimum Gasteiger partial charge on any atom is -0.496 e. The van der Waals surface area contributed by atoms with E-state index in [1.165, 1.54) is 76.0 Å². The van der Waals surface area contributed by atoms with Gasteiger partial charge in [-0.1, -0.05) is 122 Å². The Kier molecular flexibility index (Phi) is 33.3. The number of nitrogens with one attached hydrogen (secondary N) is 4. The Bertz CT molecular complexity index is 3370. The van der Waals surface area contributed by atoms with E-state index in [1.54, 1.807) is 72.5 Å². The first-order valence-electron chi connectivity index (χ1n) is 35.1. The quantitative estimate of drug-likeness (QED) is 0.124. The fraction of sp³-hybridized carbons (Fsp3) is 0.595. The van der Waals surface area contributed by atoms with Gasteiger partial charge in [0.25, 0.3) is 0 Å². The molecule has 9 atom stereocenters. The molecule has 2 aliphatic rings. The fourth-order valence-electron chi connectivity index (χ4n) is 12.5. The van der Waals surface area contributed by atoms with Gasteiger partial charge in [0.2, 0.25) is 70.9 Å². The van der Waals surface area contributed by atoms with Crippen molar-refractivity contribution in [2.24, 2.45) is 17.8 Å². The number of carbonyl (C=O) groups excluding carboxylic acids is 12. The van der Waals surface area contributed by atoms with Gasteiger partial charge in [-0.2, -0.15) is 0 Å². The summed E-state index contributed by atoms with van der Waals surface area (Å²) in [5, 5.41) is 12.0. The summed E-state index contributed by atoms with van der Waals surface area (Å²) in [7, 11) is 11.3. The van der Waals surface area contributed by atoms with Crippen LogP contribution in [-0.4, -0.2) is 248 Å². The first-order valence-corrected chi connectivity index (χ1v) is 36.6. The van der Waals surface area contributed by atoms with E-state index in [0.29, 0.717) is 72.7 Å². The lowest BCUT2D eigenvalue weighted by atomic mass is 9.95. The molecule has 3 aromatic carbocycles. The summed E-state index contributed by atoms with van der Waals surface area (Å²) in [4.78, 5) is 189. The maximum absolute atomic E-state index is 15.5. The van der Waals surface area contributed by atoms with Gasteiger partial charge in [-0.25, -0.2) is 0 Å². The third-order valence-corrected chi connectivity index (χ3v) is 20.0. The van der Waals surface area contributed by atoms with E-state index in [0.717, 1.165) is 24.7 Å². The molecule has 12 amide bonds. The first kappa shape index (κ1) is 83.8. The molecule has 0 unspecified atom stereocenters. The lowest BCUT2D eigenvalue weighted by molar-refractivity contribution is -0.151. The van der Waals surface area contributed by atoms with Crippen LogP contribution in [0.2, 0.25) is 5.02 Å². The van der Waals surface area contributed by atoms with Crippen LogP contribution in [0.5, 0.6) is 5.75 Å². The Morgan fingerprint density at radius 1 is 0.554 bits per heavy atom. The number of piperidine rings is 1. The lowest BCUT2D eigenvalue weighted by Crippen LogP contribution is -2.61. The largest absolute Gasteiger partial charge is 0.496 e. The summed E-state index contributed by atoms with van der Waals surface area (Å²) in [5.41, 5.74) is 1.78. The van der Waals surface area contributed by atoms with Gasteiger partial charge in [0, 0.05) is 90.3 Å². The summed E-state index contributed by atoms with van der Waals surface area (Å²) in [6.07, 6.45) is 3.07. The zero-order valence-electron chi connectivity index (χ0n) is 61.6. The molecule has 556 valence electrons. The van der Waals surface area contributed by atoms with Gasteiger partial charge in [0.05, 0.1) is 33.2 Å². The first-order chi connectivity index (χ1) is 47.7. The second kappa shape index (κ2) is 40.1. The van der Waals surface area contributed by atoms with Crippen LogP contribution in [0.25, 0.3) is 0 Å². The topological polar surface area (TPSA) is 288 Å². The smallest absolute Gasteiger partial charge is 0.245 e. The van der Waals surface area contributed by atoms with Crippen molar-refractivity contribution in [2.45, 2.75) is 180 Å². The van der Waals surface area contributed by atoms with Gasteiger partial charge in [-0.05, 0) is 126 Å². The molecule has 0 radical (unpaired) electrons. The number of halogens is 2. The van der Waals surface area contributed by atoms with Crippen molar-refractivity contribution >= 4 is 105 Å². The molecule has 27 heteroatoms. The number of ether oxygens (including phenoxy) is 1. The monoisotopic (exact) mass is 1530 g/mol. The lowest BCUT2D eigenvalue weighted by Gasteiger charge is -2.38. The molecule has 0 bridgehead atoms. The van der Waals surface area contributed by atoms with Gasteiger partial charge >= 0.3 is 0 Å². The number of unbranched alkanes of at least 4 members (excludes halogenated alkanes) is 1. The number of benzene rings is 3. The fourth-order valence-corrected chi connectivity index (χ4v) is 13.3. The number of likely N-dealkylation sites (N-methyl/N-ethyl adjacent to an activating group) is 7. The third-order valence-electron chi connectivity index (χ3n) is 19.0. The van der Waals surface area contributed by atoms with Crippen LogP contribution in [0.1, 0.15) is 129 Å². The molecule has 4 N–H and O–H groups in total. The number of methoxy groups -OCH3 is 1. The average molecular weight is 1540 g/mol. The van der Waals surface area contributed by atoms with E-state index >= 15 is 28.8 Å². The Morgan fingerprint density at radius 3 is 1.76 bits per heavy atom. The van der Waals surface area contributed by atoms with Crippen molar-refractivity contribution in [3.8, 4) is 5.75 Å². The Morgan fingerprint density at radius 2 is 1.15 bits per heavy atom.